The second-order valence-electron chi connectivity index (χ2n) is 13.8. The number of unbranched alkanes of at least 4 members (excludes halogenated alkanes) is 2. The lowest BCUT2D eigenvalue weighted by atomic mass is 9.85. The Balaban J connectivity index is 1.50. The van der Waals surface area contributed by atoms with E-state index >= 15 is 0 Å². The van der Waals surface area contributed by atoms with Crippen molar-refractivity contribution in [3.63, 3.8) is 0 Å². The largest absolute Gasteiger partial charge is 0.481 e. The highest BCUT2D eigenvalue weighted by molar-refractivity contribution is 7.13. The van der Waals surface area contributed by atoms with E-state index in [-0.39, 0.29) is 44.6 Å². The van der Waals surface area contributed by atoms with E-state index < -0.39 is 59.0 Å². The number of likely N-dealkylation sites (tertiary alicyclic amines) is 1. The Morgan fingerprint density at radius 2 is 1.77 bits per heavy atom. The van der Waals surface area contributed by atoms with Crippen molar-refractivity contribution in [3.8, 4) is 10.4 Å². The zero-order valence-electron chi connectivity index (χ0n) is 27.9. The Kier molecular flexibility index (Phi) is 12.0. The molecule has 0 spiro atoms. The third kappa shape index (κ3) is 9.59. The summed E-state index contributed by atoms with van der Waals surface area (Å²) in [6.45, 7) is 7.30. The number of carbonyl (C=O) groups excluding carboxylic acids is 4. The Morgan fingerprint density at radius 3 is 2.35 bits per heavy atom. The van der Waals surface area contributed by atoms with Gasteiger partial charge in [0, 0.05) is 25.9 Å². The van der Waals surface area contributed by atoms with E-state index in [9.17, 15) is 33.5 Å². The summed E-state index contributed by atoms with van der Waals surface area (Å²) >= 11 is 1.50. The smallest absolute Gasteiger partial charge is 0.303 e. The molecule has 4 amide bonds. The molecule has 14 heteroatoms. The molecule has 2 fully saturated rings. The van der Waals surface area contributed by atoms with Crippen LogP contribution >= 0.6 is 11.3 Å². The number of nitrogens with zero attached hydrogens (tertiary/aromatic N) is 2. The van der Waals surface area contributed by atoms with E-state index in [2.05, 4.69) is 20.9 Å². The van der Waals surface area contributed by atoms with Crippen LogP contribution in [0.1, 0.15) is 89.4 Å². The van der Waals surface area contributed by atoms with Crippen LogP contribution in [0.5, 0.6) is 0 Å². The molecule has 0 radical (unpaired) electrons. The molecule has 2 aliphatic rings. The van der Waals surface area contributed by atoms with Gasteiger partial charge in [-0.15, -0.1) is 11.3 Å². The van der Waals surface area contributed by atoms with Gasteiger partial charge in [0.2, 0.25) is 17.7 Å². The number of carboxylic acids is 1. The zero-order valence-corrected chi connectivity index (χ0v) is 28.7. The average Bonchev–Trinajstić information content (AvgIpc) is 3.43. The number of hydrogen-bond donors (Lipinski definition) is 5. The third-order valence-corrected chi connectivity index (χ3v) is 9.74. The number of aromatic nitrogens is 1. The molecule has 5 N–H and O–H groups in total. The molecule has 2 aromatic rings. The first kappa shape index (κ1) is 36.9. The minimum atomic E-state index is -1.99. The summed E-state index contributed by atoms with van der Waals surface area (Å²) in [6, 6.07) is 4.40. The van der Waals surface area contributed by atoms with Crippen LogP contribution in [0.3, 0.4) is 0 Å². The van der Waals surface area contributed by atoms with Gasteiger partial charge in [0.05, 0.1) is 34.6 Å². The summed E-state index contributed by atoms with van der Waals surface area (Å²) < 4.78 is 14.5. The monoisotopic (exact) mass is 687 g/mol. The number of nitrogens with one attached hydrogen (secondary N) is 3. The molecule has 12 nitrogen and oxygen atoms in total. The zero-order chi connectivity index (χ0) is 35.2. The summed E-state index contributed by atoms with van der Waals surface area (Å²) in [5.74, 6) is -3.22. The normalized spacial score (nSPS) is 19.7. The van der Waals surface area contributed by atoms with Crippen molar-refractivity contribution in [3.05, 3.63) is 41.0 Å². The Morgan fingerprint density at radius 1 is 1.08 bits per heavy atom. The number of thiazole rings is 1. The second kappa shape index (κ2) is 15.5. The van der Waals surface area contributed by atoms with Gasteiger partial charge in [-0.2, -0.15) is 0 Å². The number of carbonyl (C=O) groups is 5. The van der Waals surface area contributed by atoms with Crippen LogP contribution in [-0.4, -0.2) is 86.6 Å². The predicted octanol–water partition coefficient (Wildman–Crippen LogP) is 3.42. The number of amides is 4. The molecule has 1 saturated heterocycles. The lowest BCUT2D eigenvalue weighted by Gasteiger charge is -2.36. The van der Waals surface area contributed by atoms with Crippen molar-refractivity contribution in [1.29, 1.82) is 0 Å². The maximum Gasteiger partial charge on any atom is 0.303 e. The molecular weight excluding hydrogens is 641 g/mol. The van der Waals surface area contributed by atoms with Gasteiger partial charge in [-0.3, -0.25) is 24.0 Å². The van der Waals surface area contributed by atoms with Gasteiger partial charge in [0.1, 0.15) is 12.1 Å². The lowest BCUT2D eigenvalue weighted by Crippen LogP contribution is -2.59. The van der Waals surface area contributed by atoms with Gasteiger partial charge < -0.3 is 31.1 Å². The summed E-state index contributed by atoms with van der Waals surface area (Å²) in [6.07, 6.45) is 0.828. The number of benzene rings is 1. The molecule has 48 heavy (non-hydrogen) atoms. The summed E-state index contributed by atoms with van der Waals surface area (Å²) in [4.78, 5) is 70.7. The quantitative estimate of drug-likeness (QED) is 0.177. The van der Waals surface area contributed by atoms with Crippen LogP contribution in [0, 0.1) is 12.3 Å². The van der Waals surface area contributed by atoms with Crippen molar-refractivity contribution >= 4 is 40.9 Å². The Bertz CT molecular complexity index is 1490. The van der Waals surface area contributed by atoms with Crippen LogP contribution in [0.4, 0.5) is 4.39 Å². The second-order valence-corrected chi connectivity index (χ2v) is 14.7. The maximum atomic E-state index is 14.5. The molecule has 4 rings (SSSR count). The van der Waals surface area contributed by atoms with E-state index in [1.54, 1.807) is 26.3 Å². The molecule has 1 aromatic carbocycles. The Hall–Kier alpha value is -3.91. The summed E-state index contributed by atoms with van der Waals surface area (Å²) in [5, 5.41) is 27.7. The van der Waals surface area contributed by atoms with Crippen LogP contribution in [0.15, 0.2) is 29.8 Å². The molecule has 1 saturated carbocycles. The summed E-state index contributed by atoms with van der Waals surface area (Å²) in [5.41, 5.74) is 1.41. The number of β-amino-alcohol motifs (C(OH)–C–C–N with tert-alkyl or cyclic N) is 1. The average molecular weight is 688 g/mol. The van der Waals surface area contributed by atoms with E-state index in [0.29, 0.717) is 31.4 Å². The summed E-state index contributed by atoms with van der Waals surface area (Å²) in [7, 11) is 0. The standard InChI is InChI=1S/C34H46FN5O7S/c1-20-28(48-19-37-20)22-11-9-21(10-12-22)24(17-26(42)36-15-7-5-6-8-27(43)44)38-30(45)25-16-23(41)18-40(25)31(46)29(33(2,3)4)39-32(47)34(35)13-14-34/h9-12,19,23-25,29,41H,5-8,13-18H2,1-4H3,(H,36,42)(H,38,45)(H,39,47)(H,43,44)/t23-,24?,25+,29?/m1/s1. The highest BCUT2D eigenvalue weighted by Crippen LogP contribution is 2.40. The predicted molar refractivity (Wildman–Crippen MR) is 177 cm³/mol. The number of hydrogen-bond acceptors (Lipinski definition) is 8. The van der Waals surface area contributed by atoms with Gasteiger partial charge in [0.15, 0.2) is 5.67 Å². The number of aliphatic carboxylic acids is 1. The molecule has 0 bridgehead atoms. The minimum absolute atomic E-state index is 0.0473. The number of aliphatic hydroxyl groups excluding tert-OH is 1. The first-order valence-corrected chi connectivity index (χ1v) is 17.2. The van der Waals surface area contributed by atoms with E-state index in [0.717, 1.165) is 16.1 Å². The van der Waals surface area contributed by atoms with E-state index in [4.69, 9.17) is 5.11 Å². The van der Waals surface area contributed by atoms with Crippen LogP contribution in [-0.2, 0) is 24.0 Å². The maximum absolute atomic E-state index is 14.5. The van der Waals surface area contributed by atoms with Crippen molar-refractivity contribution in [2.75, 3.05) is 13.1 Å². The van der Waals surface area contributed by atoms with Gasteiger partial charge in [-0.05, 0) is 49.1 Å². The van der Waals surface area contributed by atoms with Gasteiger partial charge in [-0.1, -0.05) is 51.5 Å². The fourth-order valence-corrected chi connectivity index (χ4v) is 6.56. The van der Waals surface area contributed by atoms with Gasteiger partial charge in [-0.25, -0.2) is 9.37 Å². The van der Waals surface area contributed by atoms with Crippen LogP contribution < -0.4 is 16.0 Å². The van der Waals surface area contributed by atoms with Gasteiger partial charge >= 0.3 is 5.97 Å². The van der Waals surface area contributed by atoms with Crippen molar-refractivity contribution < 1.29 is 38.6 Å². The topological polar surface area (TPSA) is 178 Å². The first-order chi connectivity index (χ1) is 22.6. The molecule has 1 aliphatic carbocycles. The SMILES string of the molecule is Cc1ncsc1-c1ccc(C(CC(=O)NCCCCCC(=O)O)NC(=O)[C@@H]2C[C@@H](O)CN2C(=O)C(NC(=O)C2(F)CC2)C(C)(C)C)cc1. The number of aliphatic hydroxyl groups is 1. The number of halogens is 1. The van der Waals surface area contributed by atoms with Gasteiger partial charge in [0.25, 0.3) is 5.91 Å². The van der Waals surface area contributed by atoms with Crippen LogP contribution in [0.2, 0.25) is 0 Å². The van der Waals surface area contributed by atoms with Crippen molar-refractivity contribution in [2.24, 2.45) is 5.41 Å². The third-order valence-electron chi connectivity index (χ3n) is 8.77. The van der Waals surface area contributed by atoms with Crippen molar-refractivity contribution in [1.82, 2.24) is 25.8 Å². The fraction of sp³-hybridized carbons (Fsp3) is 0.588. The van der Waals surface area contributed by atoms with Crippen molar-refractivity contribution in [2.45, 2.75) is 109 Å². The lowest BCUT2D eigenvalue weighted by molar-refractivity contribution is -0.145. The molecule has 1 aliphatic heterocycles. The van der Waals surface area contributed by atoms with E-state index in [1.165, 1.54) is 16.2 Å². The molecule has 4 atom stereocenters. The highest BCUT2D eigenvalue weighted by atomic mass is 32.1. The molecule has 2 heterocycles. The molecular formula is C34H46FN5O7S. The first-order valence-electron chi connectivity index (χ1n) is 16.4. The number of alkyl halides is 1. The minimum Gasteiger partial charge on any atom is -0.481 e. The number of aryl methyl sites for hydroxylation is 1. The van der Waals surface area contributed by atoms with Crippen LogP contribution in [0.25, 0.3) is 10.4 Å². The molecule has 262 valence electrons. The fourth-order valence-electron chi connectivity index (χ4n) is 5.75. The number of carboxylic acid groups (broad SMARTS) is 1. The number of rotatable bonds is 15. The Labute approximate surface area is 283 Å². The molecule has 1 aromatic heterocycles. The van der Waals surface area contributed by atoms with E-state index in [1.807, 2.05) is 31.2 Å². The molecule has 2 unspecified atom stereocenters. The highest BCUT2D eigenvalue weighted by Gasteiger charge is 2.53.